The van der Waals surface area contributed by atoms with Crippen molar-refractivity contribution in [3.05, 3.63) is 33.5 Å². The molecule has 0 saturated carbocycles. The third kappa shape index (κ3) is 3.04. The molecule has 0 saturated heterocycles. The highest BCUT2D eigenvalue weighted by Crippen LogP contribution is 2.23. The molecular weight excluding hydrogens is 262 g/mol. The van der Waals surface area contributed by atoms with Crippen molar-refractivity contribution in [2.75, 3.05) is 0 Å². The van der Waals surface area contributed by atoms with E-state index in [0.717, 1.165) is 11.3 Å². The minimum Gasteiger partial charge on any atom is -0.481 e. The fourth-order valence-electron chi connectivity index (χ4n) is 2.21. The SMILES string of the molecule is CCc1cc(C(=O)NC2C=CC(C(=O)O)C2)sc1C. The summed E-state index contributed by atoms with van der Waals surface area (Å²) in [6.45, 7) is 4.07. The number of hydrogen-bond donors (Lipinski definition) is 2. The van der Waals surface area contributed by atoms with E-state index >= 15 is 0 Å². The molecular formula is C14H17NO3S. The molecule has 2 unspecified atom stereocenters. The average molecular weight is 279 g/mol. The largest absolute Gasteiger partial charge is 0.481 e. The highest BCUT2D eigenvalue weighted by molar-refractivity contribution is 7.14. The summed E-state index contributed by atoms with van der Waals surface area (Å²) in [6.07, 6.45) is 4.76. The van der Waals surface area contributed by atoms with E-state index in [-0.39, 0.29) is 11.9 Å². The lowest BCUT2D eigenvalue weighted by Gasteiger charge is -2.11. The fraction of sp³-hybridized carbons (Fsp3) is 0.429. The average Bonchev–Trinajstić information content (AvgIpc) is 2.95. The molecule has 0 spiro atoms. The van der Waals surface area contributed by atoms with Crippen molar-refractivity contribution in [3.63, 3.8) is 0 Å². The van der Waals surface area contributed by atoms with Crippen LogP contribution in [0.15, 0.2) is 18.2 Å². The molecule has 2 rings (SSSR count). The van der Waals surface area contributed by atoms with Gasteiger partial charge in [-0.3, -0.25) is 9.59 Å². The van der Waals surface area contributed by atoms with Crippen LogP contribution in [0, 0.1) is 12.8 Å². The van der Waals surface area contributed by atoms with Crippen LogP contribution in [0.5, 0.6) is 0 Å². The summed E-state index contributed by atoms with van der Waals surface area (Å²) in [6, 6.07) is 1.74. The quantitative estimate of drug-likeness (QED) is 0.832. The third-order valence-electron chi connectivity index (χ3n) is 3.34. The molecule has 2 atom stereocenters. The minimum atomic E-state index is -0.840. The second-order valence-corrected chi connectivity index (χ2v) is 5.95. The van der Waals surface area contributed by atoms with E-state index in [2.05, 4.69) is 12.2 Å². The molecule has 0 fully saturated rings. The summed E-state index contributed by atoms with van der Waals surface area (Å²) in [5, 5.41) is 11.8. The fourth-order valence-corrected chi connectivity index (χ4v) is 3.23. The van der Waals surface area contributed by atoms with Crippen LogP contribution in [-0.4, -0.2) is 23.0 Å². The van der Waals surface area contributed by atoms with Crippen LogP contribution in [0.1, 0.15) is 33.5 Å². The Hall–Kier alpha value is -1.62. The zero-order valence-electron chi connectivity index (χ0n) is 11.0. The Labute approximate surface area is 116 Å². The van der Waals surface area contributed by atoms with E-state index in [1.807, 2.05) is 13.0 Å². The standard InChI is InChI=1S/C14H17NO3S/c1-3-9-7-12(19-8(9)2)13(16)15-11-5-4-10(6-11)14(17)18/h4-5,7,10-11H,3,6H2,1-2H3,(H,15,16)(H,17,18). The van der Waals surface area contributed by atoms with Gasteiger partial charge in [-0.2, -0.15) is 0 Å². The van der Waals surface area contributed by atoms with Crippen LogP contribution in [0.25, 0.3) is 0 Å². The maximum absolute atomic E-state index is 12.1. The van der Waals surface area contributed by atoms with E-state index in [1.54, 1.807) is 12.2 Å². The Kier molecular flexibility index (Phi) is 4.04. The Morgan fingerprint density at radius 2 is 2.21 bits per heavy atom. The highest BCUT2D eigenvalue weighted by atomic mass is 32.1. The van der Waals surface area contributed by atoms with Gasteiger partial charge in [0, 0.05) is 10.9 Å². The first-order chi connectivity index (χ1) is 9.01. The van der Waals surface area contributed by atoms with Crippen molar-refractivity contribution in [2.24, 2.45) is 5.92 Å². The smallest absolute Gasteiger partial charge is 0.310 e. The number of carbonyl (C=O) groups excluding carboxylic acids is 1. The molecule has 1 amide bonds. The number of aliphatic carboxylic acids is 1. The van der Waals surface area contributed by atoms with Gasteiger partial charge < -0.3 is 10.4 Å². The Morgan fingerprint density at radius 3 is 2.74 bits per heavy atom. The van der Waals surface area contributed by atoms with Crippen molar-refractivity contribution >= 4 is 23.2 Å². The van der Waals surface area contributed by atoms with Crippen LogP contribution in [0.4, 0.5) is 0 Å². The summed E-state index contributed by atoms with van der Waals surface area (Å²) < 4.78 is 0. The summed E-state index contributed by atoms with van der Waals surface area (Å²) >= 11 is 1.49. The van der Waals surface area contributed by atoms with E-state index in [9.17, 15) is 9.59 Å². The van der Waals surface area contributed by atoms with Gasteiger partial charge in [-0.25, -0.2) is 0 Å². The summed E-state index contributed by atoms with van der Waals surface area (Å²) in [5.74, 6) is -1.44. The highest BCUT2D eigenvalue weighted by Gasteiger charge is 2.26. The van der Waals surface area contributed by atoms with Crippen LogP contribution in [-0.2, 0) is 11.2 Å². The van der Waals surface area contributed by atoms with Crippen molar-refractivity contribution in [2.45, 2.75) is 32.7 Å². The monoisotopic (exact) mass is 279 g/mol. The van der Waals surface area contributed by atoms with Gasteiger partial charge in [0.05, 0.1) is 10.8 Å². The van der Waals surface area contributed by atoms with E-state index in [1.165, 1.54) is 16.9 Å². The number of nitrogens with one attached hydrogen (secondary N) is 1. The molecule has 102 valence electrons. The van der Waals surface area contributed by atoms with Crippen molar-refractivity contribution < 1.29 is 14.7 Å². The third-order valence-corrected chi connectivity index (χ3v) is 4.43. The second kappa shape index (κ2) is 5.57. The Balaban J connectivity index is 1.98. The predicted octanol–water partition coefficient (Wildman–Crippen LogP) is 2.38. The molecule has 1 aliphatic carbocycles. The zero-order chi connectivity index (χ0) is 14.0. The van der Waals surface area contributed by atoms with Crippen molar-refractivity contribution in [3.8, 4) is 0 Å². The zero-order valence-corrected chi connectivity index (χ0v) is 11.8. The molecule has 0 aromatic carbocycles. The first-order valence-corrected chi connectivity index (χ1v) is 7.14. The van der Waals surface area contributed by atoms with Crippen molar-refractivity contribution in [1.29, 1.82) is 0 Å². The number of rotatable bonds is 4. The van der Waals surface area contributed by atoms with Gasteiger partial charge in [-0.1, -0.05) is 19.1 Å². The summed E-state index contributed by atoms with van der Waals surface area (Å²) in [7, 11) is 0. The van der Waals surface area contributed by atoms with Gasteiger partial charge in [-0.15, -0.1) is 11.3 Å². The van der Waals surface area contributed by atoms with Gasteiger partial charge in [0.1, 0.15) is 0 Å². The van der Waals surface area contributed by atoms with Crippen molar-refractivity contribution in [1.82, 2.24) is 5.32 Å². The normalized spacial score (nSPS) is 21.6. The molecule has 1 aliphatic rings. The number of aryl methyl sites for hydroxylation is 2. The second-order valence-electron chi connectivity index (χ2n) is 4.69. The predicted molar refractivity (Wildman–Crippen MR) is 74.6 cm³/mol. The van der Waals surface area contributed by atoms with Gasteiger partial charge in [-0.05, 0) is 31.4 Å². The van der Waals surface area contributed by atoms with Crippen LogP contribution in [0.3, 0.4) is 0 Å². The molecule has 0 aliphatic heterocycles. The lowest BCUT2D eigenvalue weighted by Crippen LogP contribution is -2.32. The van der Waals surface area contributed by atoms with Gasteiger partial charge >= 0.3 is 5.97 Å². The van der Waals surface area contributed by atoms with Crippen LogP contribution >= 0.6 is 11.3 Å². The van der Waals surface area contributed by atoms with E-state index < -0.39 is 11.9 Å². The molecule has 1 aromatic heterocycles. The van der Waals surface area contributed by atoms with Gasteiger partial charge in [0.2, 0.25) is 0 Å². The molecule has 1 heterocycles. The van der Waals surface area contributed by atoms with E-state index in [0.29, 0.717) is 11.3 Å². The molecule has 0 bridgehead atoms. The Morgan fingerprint density at radius 1 is 1.47 bits per heavy atom. The molecule has 2 N–H and O–H groups in total. The number of carbonyl (C=O) groups is 2. The molecule has 5 heteroatoms. The summed E-state index contributed by atoms with van der Waals surface area (Å²) in [4.78, 5) is 24.8. The molecule has 0 radical (unpaired) electrons. The molecule has 19 heavy (non-hydrogen) atoms. The molecule has 1 aromatic rings. The summed E-state index contributed by atoms with van der Waals surface area (Å²) in [5.41, 5.74) is 1.19. The molecule has 4 nitrogen and oxygen atoms in total. The van der Waals surface area contributed by atoms with E-state index in [4.69, 9.17) is 5.11 Å². The lowest BCUT2D eigenvalue weighted by molar-refractivity contribution is -0.140. The minimum absolute atomic E-state index is 0.117. The Bertz CT molecular complexity index is 533. The number of carboxylic acids is 1. The van der Waals surface area contributed by atoms with Gasteiger partial charge in [0.15, 0.2) is 0 Å². The number of thiophene rings is 1. The van der Waals surface area contributed by atoms with Gasteiger partial charge in [0.25, 0.3) is 5.91 Å². The first kappa shape index (κ1) is 13.8. The number of amides is 1. The first-order valence-electron chi connectivity index (χ1n) is 6.32. The van der Waals surface area contributed by atoms with Crippen LogP contribution in [0.2, 0.25) is 0 Å². The van der Waals surface area contributed by atoms with Crippen LogP contribution < -0.4 is 5.32 Å². The number of carboxylic acid groups (broad SMARTS) is 1. The number of hydrogen-bond acceptors (Lipinski definition) is 3. The topological polar surface area (TPSA) is 66.4 Å². The maximum atomic E-state index is 12.1. The maximum Gasteiger partial charge on any atom is 0.310 e. The lowest BCUT2D eigenvalue weighted by atomic mass is 10.1.